The molecule has 0 aromatic heterocycles. The second kappa shape index (κ2) is 8.47. The molecule has 0 aromatic carbocycles. The fraction of sp³-hybridized carbons (Fsp3) is 0.905. The lowest BCUT2D eigenvalue weighted by Crippen LogP contribution is -2.55. The number of nitrogens with zero attached hydrogens (tertiary/aromatic N) is 1. The summed E-state index contributed by atoms with van der Waals surface area (Å²) in [6, 6.07) is 0.266. The van der Waals surface area contributed by atoms with Crippen molar-refractivity contribution in [1.82, 2.24) is 10.2 Å². The molecule has 3 rings (SSSR count). The van der Waals surface area contributed by atoms with Gasteiger partial charge < -0.3 is 25.4 Å². The largest absolute Gasteiger partial charge is 0.446 e. The summed E-state index contributed by atoms with van der Waals surface area (Å²) in [6.45, 7) is 9.12. The van der Waals surface area contributed by atoms with E-state index in [1.54, 1.807) is 0 Å². The van der Waals surface area contributed by atoms with E-state index in [9.17, 15) is 9.59 Å². The number of carbonyl (C=O) groups is 2. The molecule has 160 valence electrons. The maximum Gasteiger partial charge on any atom is 0.407 e. The molecule has 2 aliphatic carbocycles. The predicted octanol–water partition coefficient (Wildman–Crippen LogP) is 3.41. The molecule has 0 radical (unpaired) electrons. The number of hydrogen-bond acceptors (Lipinski definition) is 5. The van der Waals surface area contributed by atoms with Gasteiger partial charge in [-0.05, 0) is 96.6 Å². The third-order valence-electron chi connectivity index (χ3n) is 6.59. The molecule has 1 heterocycles. The van der Waals surface area contributed by atoms with Crippen molar-refractivity contribution in [3.05, 3.63) is 0 Å². The Morgan fingerprint density at radius 3 is 2.25 bits per heavy atom. The number of amides is 2. The standard InChI is InChI=1S/C21H37N3O4/c1-20(2,3)28-19(26)23-16-12-21(13-16)8-10-24(11-9-21)14-15-4-6-17(7-5-15)27-18(22)25/h15-17H,4-14H2,1-3H3,(H2,22,25)(H,23,26). The van der Waals surface area contributed by atoms with Gasteiger partial charge in [0.15, 0.2) is 0 Å². The smallest absolute Gasteiger partial charge is 0.407 e. The van der Waals surface area contributed by atoms with Gasteiger partial charge >= 0.3 is 12.2 Å². The third kappa shape index (κ3) is 6.00. The highest BCUT2D eigenvalue weighted by atomic mass is 16.6. The van der Waals surface area contributed by atoms with Gasteiger partial charge in [-0.2, -0.15) is 0 Å². The minimum absolute atomic E-state index is 0.0164. The number of primary amides is 1. The molecule has 7 heteroatoms. The van der Waals surface area contributed by atoms with E-state index in [4.69, 9.17) is 15.2 Å². The van der Waals surface area contributed by atoms with Crippen molar-refractivity contribution in [3.8, 4) is 0 Å². The van der Waals surface area contributed by atoms with Crippen LogP contribution in [0.5, 0.6) is 0 Å². The number of alkyl carbamates (subject to hydrolysis) is 1. The molecular weight excluding hydrogens is 358 g/mol. The average molecular weight is 396 g/mol. The molecule has 3 fully saturated rings. The first-order valence-corrected chi connectivity index (χ1v) is 10.8. The Balaban J connectivity index is 1.32. The zero-order valence-corrected chi connectivity index (χ0v) is 17.7. The van der Waals surface area contributed by atoms with Crippen molar-refractivity contribution in [2.45, 2.75) is 89.9 Å². The minimum atomic E-state index is -0.648. The molecule has 3 N–H and O–H groups in total. The van der Waals surface area contributed by atoms with Crippen LogP contribution in [0.3, 0.4) is 0 Å². The van der Waals surface area contributed by atoms with Crippen LogP contribution in [0, 0.1) is 11.3 Å². The molecule has 3 aliphatic rings. The zero-order chi connectivity index (χ0) is 20.4. The van der Waals surface area contributed by atoms with Gasteiger partial charge in [-0.25, -0.2) is 9.59 Å². The monoisotopic (exact) mass is 395 g/mol. The lowest BCUT2D eigenvalue weighted by molar-refractivity contribution is -0.00865. The number of carbonyl (C=O) groups excluding carboxylic acids is 2. The minimum Gasteiger partial charge on any atom is -0.446 e. The topological polar surface area (TPSA) is 93.9 Å². The summed E-state index contributed by atoms with van der Waals surface area (Å²) in [5, 5.41) is 3.02. The Bertz CT molecular complexity index is 550. The Kier molecular flexibility index (Phi) is 6.42. The summed E-state index contributed by atoms with van der Waals surface area (Å²) < 4.78 is 10.5. The number of piperidine rings is 1. The lowest BCUT2D eigenvalue weighted by Gasteiger charge is -2.52. The van der Waals surface area contributed by atoms with Crippen molar-refractivity contribution >= 4 is 12.2 Å². The van der Waals surface area contributed by atoms with Crippen molar-refractivity contribution in [1.29, 1.82) is 0 Å². The first-order chi connectivity index (χ1) is 13.1. The summed E-state index contributed by atoms with van der Waals surface area (Å²) in [6.07, 6.45) is 7.77. The van der Waals surface area contributed by atoms with Crippen molar-refractivity contribution in [2.75, 3.05) is 19.6 Å². The Morgan fingerprint density at radius 1 is 1.11 bits per heavy atom. The van der Waals surface area contributed by atoms with Gasteiger partial charge in [-0.3, -0.25) is 0 Å². The Labute approximate surface area is 168 Å². The molecule has 0 bridgehead atoms. The van der Waals surface area contributed by atoms with Crippen LogP contribution in [0.4, 0.5) is 9.59 Å². The molecular formula is C21H37N3O4. The van der Waals surface area contributed by atoms with Crippen molar-refractivity contribution < 1.29 is 19.1 Å². The van der Waals surface area contributed by atoms with Crippen molar-refractivity contribution in [2.24, 2.45) is 17.1 Å². The number of likely N-dealkylation sites (tertiary alicyclic amines) is 1. The molecule has 1 aliphatic heterocycles. The first kappa shape index (κ1) is 21.2. The molecule has 0 atom stereocenters. The van der Waals surface area contributed by atoms with Crippen LogP contribution in [0.1, 0.15) is 72.1 Å². The van der Waals surface area contributed by atoms with Gasteiger partial charge in [-0.15, -0.1) is 0 Å². The van der Waals surface area contributed by atoms with Crippen LogP contribution in [-0.4, -0.2) is 54.5 Å². The Hall–Kier alpha value is -1.50. The van der Waals surface area contributed by atoms with E-state index in [1.165, 1.54) is 12.8 Å². The quantitative estimate of drug-likeness (QED) is 0.761. The summed E-state index contributed by atoms with van der Waals surface area (Å²) in [5.74, 6) is 0.699. The van der Waals surface area contributed by atoms with E-state index in [0.717, 1.165) is 58.2 Å². The highest BCUT2D eigenvalue weighted by molar-refractivity contribution is 5.68. The predicted molar refractivity (Wildman–Crippen MR) is 107 cm³/mol. The third-order valence-corrected chi connectivity index (χ3v) is 6.59. The summed E-state index contributed by atoms with van der Waals surface area (Å²) in [4.78, 5) is 25.4. The van der Waals surface area contributed by atoms with Crippen LogP contribution in [0.2, 0.25) is 0 Å². The molecule has 7 nitrogen and oxygen atoms in total. The molecule has 2 saturated carbocycles. The highest BCUT2D eigenvalue weighted by Gasteiger charge is 2.46. The van der Waals surface area contributed by atoms with E-state index in [1.807, 2.05) is 20.8 Å². The molecule has 2 amide bonds. The molecule has 0 aromatic rings. The number of nitrogens with two attached hydrogens (primary N) is 1. The van der Waals surface area contributed by atoms with Gasteiger partial charge in [0.2, 0.25) is 0 Å². The van der Waals surface area contributed by atoms with E-state index in [0.29, 0.717) is 11.3 Å². The summed E-state index contributed by atoms with van der Waals surface area (Å²) in [7, 11) is 0. The second-order valence-electron chi connectivity index (χ2n) is 10.1. The Morgan fingerprint density at radius 2 is 1.71 bits per heavy atom. The van der Waals surface area contributed by atoms with Crippen LogP contribution in [-0.2, 0) is 9.47 Å². The number of hydrogen-bond donors (Lipinski definition) is 2. The molecule has 28 heavy (non-hydrogen) atoms. The van der Waals surface area contributed by atoms with Crippen LogP contribution < -0.4 is 11.1 Å². The average Bonchev–Trinajstić information content (AvgIpc) is 2.55. The fourth-order valence-corrected chi connectivity index (χ4v) is 5.14. The van der Waals surface area contributed by atoms with Gasteiger partial charge in [0, 0.05) is 12.6 Å². The second-order valence-corrected chi connectivity index (χ2v) is 10.1. The van der Waals surface area contributed by atoms with E-state index >= 15 is 0 Å². The normalized spacial score (nSPS) is 28.4. The summed E-state index contributed by atoms with van der Waals surface area (Å²) >= 11 is 0. The van der Waals surface area contributed by atoms with Crippen LogP contribution in [0.15, 0.2) is 0 Å². The lowest BCUT2D eigenvalue weighted by atomic mass is 9.60. The van der Waals surface area contributed by atoms with Crippen LogP contribution >= 0.6 is 0 Å². The zero-order valence-electron chi connectivity index (χ0n) is 17.7. The maximum atomic E-state index is 11.9. The summed E-state index contributed by atoms with van der Waals surface area (Å²) in [5.41, 5.74) is 5.09. The number of nitrogens with one attached hydrogen (secondary N) is 1. The van der Waals surface area contributed by atoms with Crippen molar-refractivity contribution in [3.63, 3.8) is 0 Å². The number of rotatable bonds is 4. The van der Waals surface area contributed by atoms with Gasteiger partial charge in [0.25, 0.3) is 0 Å². The van der Waals surface area contributed by atoms with Crippen LogP contribution in [0.25, 0.3) is 0 Å². The first-order valence-electron chi connectivity index (χ1n) is 10.8. The van der Waals surface area contributed by atoms with Gasteiger partial charge in [-0.1, -0.05) is 0 Å². The number of ether oxygens (including phenoxy) is 2. The molecule has 1 spiro atoms. The fourth-order valence-electron chi connectivity index (χ4n) is 5.14. The van der Waals surface area contributed by atoms with Gasteiger partial charge in [0.1, 0.15) is 11.7 Å². The van der Waals surface area contributed by atoms with E-state index < -0.39 is 11.7 Å². The molecule has 1 saturated heterocycles. The highest BCUT2D eigenvalue weighted by Crippen LogP contribution is 2.49. The maximum absolute atomic E-state index is 11.9. The van der Waals surface area contributed by atoms with E-state index in [-0.39, 0.29) is 18.2 Å². The van der Waals surface area contributed by atoms with Gasteiger partial charge in [0.05, 0.1) is 0 Å². The SMILES string of the molecule is CC(C)(C)OC(=O)NC1CC2(CCN(CC3CCC(OC(N)=O)CC3)CC2)C1. The molecule has 0 unspecified atom stereocenters. The van der Waals surface area contributed by atoms with E-state index in [2.05, 4.69) is 10.2 Å².